The van der Waals surface area contributed by atoms with Crippen LogP contribution in [0.25, 0.3) is 0 Å². The topological polar surface area (TPSA) is 0 Å². The van der Waals surface area contributed by atoms with Crippen molar-refractivity contribution in [3.63, 3.8) is 0 Å². The lowest BCUT2D eigenvalue weighted by molar-refractivity contribution is 0.401. The number of thiophene rings is 1. The zero-order chi connectivity index (χ0) is 20.8. The van der Waals surface area contributed by atoms with E-state index in [1.807, 2.05) is 11.3 Å². The Morgan fingerprint density at radius 2 is 1.00 bits per heavy atom. The minimum atomic E-state index is 0.933. The van der Waals surface area contributed by atoms with Crippen molar-refractivity contribution >= 4 is 11.3 Å². The van der Waals surface area contributed by atoms with Crippen LogP contribution in [0.3, 0.4) is 0 Å². The lowest BCUT2D eigenvalue weighted by Gasteiger charge is -2.16. The van der Waals surface area contributed by atoms with Gasteiger partial charge in [-0.3, -0.25) is 0 Å². The zero-order valence-electron chi connectivity index (χ0n) is 20.1. The van der Waals surface area contributed by atoms with Crippen molar-refractivity contribution in [3.05, 3.63) is 22.4 Å². The van der Waals surface area contributed by atoms with E-state index in [2.05, 4.69) is 31.4 Å². The van der Waals surface area contributed by atoms with Crippen LogP contribution in [0.15, 0.2) is 17.5 Å². The molecular formula is C28H52S. The fourth-order valence-corrected chi connectivity index (χ4v) is 5.37. The molecule has 170 valence electrons. The van der Waals surface area contributed by atoms with Crippen LogP contribution >= 0.6 is 11.3 Å². The highest BCUT2D eigenvalue weighted by molar-refractivity contribution is 7.09. The van der Waals surface area contributed by atoms with Gasteiger partial charge in [-0.05, 0) is 23.8 Å². The molecule has 0 aliphatic rings. The predicted octanol–water partition coefficient (Wildman–Crippen LogP) is 10.7. The maximum Gasteiger partial charge on any atom is 0.00479 e. The molecule has 0 nitrogen and oxygen atoms in total. The summed E-state index contributed by atoms with van der Waals surface area (Å²) in [5.74, 6) is 0.933. The summed E-state index contributed by atoms with van der Waals surface area (Å²) in [6.45, 7) is 4.61. The Bertz CT molecular complexity index is 408. The number of hydrogen-bond donors (Lipinski definition) is 0. The molecule has 0 radical (unpaired) electrons. The molecule has 0 N–H and O–H groups in total. The van der Waals surface area contributed by atoms with Crippen molar-refractivity contribution in [2.24, 2.45) is 5.92 Å². The SMILES string of the molecule is CCCCCCCCCCCCC(CCCCCCCCCC)Cc1cccs1. The van der Waals surface area contributed by atoms with Crippen molar-refractivity contribution in [1.82, 2.24) is 0 Å². The molecular weight excluding hydrogens is 368 g/mol. The van der Waals surface area contributed by atoms with Gasteiger partial charge in [-0.25, -0.2) is 0 Å². The Hall–Kier alpha value is -0.300. The number of hydrogen-bond acceptors (Lipinski definition) is 1. The van der Waals surface area contributed by atoms with Gasteiger partial charge < -0.3 is 0 Å². The highest BCUT2D eigenvalue weighted by atomic mass is 32.1. The summed E-state index contributed by atoms with van der Waals surface area (Å²) in [5, 5.41) is 2.25. The molecule has 0 saturated heterocycles. The average Bonchev–Trinajstić information content (AvgIpc) is 3.24. The second-order valence-corrected chi connectivity index (χ2v) is 10.4. The van der Waals surface area contributed by atoms with Crippen molar-refractivity contribution < 1.29 is 0 Å². The minimum Gasteiger partial charge on any atom is -0.149 e. The lowest BCUT2D eigenvalue weighted by Crippen LogP contribution is -2.04. The van der Waals surface area contributed by atoms with E-state index >= 15 is 0 Å². The van der Waals surface area contributed by atoms with E-state index < -0.39 is 0 Å². The molecule has 1 rings (SSSR count). The van der Waals surface area contributed by atoms with Crippen LogP contribution in [-0.2, 0) is 6.42 Å². The summed E-state index contributed by atoms with van der Waals surface area (Å²) < 4.78 is 0. The van der Waals surface area contributed by atoms with E-state index in [1.54, 1.807) is 4.88 Å². The van der Waals surface area contributed by atoms with Gasteiger partial charge >= 0.3 is 0 Å². The van der Waals surface area contributed by atoms with Gasteiger partial charge in [0, 0.05) is 4.88 Å². The first-order valence-electron chi connectivity index (χ1n) is 13.4. The third kappa shape index (κ3) is 17.1. The Labute approximate surface area is 188 Å². The summed E-state index contributed by atoms with van der Waals surface area (Å²) in [5.41, 5.74) is 0. The lowest BCUT2D eigenvalue weighted by atomic mass is 9.91. The predicted molar refractivity (Wildman–Crippen MR) is 135 cm³/mol. The summed E-state index contributed by atoms with van der Waals surface area (Å²) >= 11 is 1.96. The highest BCUT2D eigenvalue weighted by Crippen LogP contribution is 2.25. The molecule has 1 heterocycles. The first kappa shape index (κ1) is 26.7. The Morgan fingerprint density at radius 3 is 1.38 bits per heavy atom. The summed E-state index contributed by atoms with van der Waals surface area (Å²) in [6.07, 6.45) is 30.4. The van der Waals surface area contributed by atoms with Gasteiger partial charge in [-0.15, -0.1) is 11.3 Å². The minimum absolute atomic E-state index is 0.933. The van der Waals surface area contributed by atoms with Gasteiger partial charge in [0.05, 0.1) is 0 Å². The average molecular weight is 421 g/mol. The molecule has 0 aliphatic heterocycles. The van der Waals surface area contributed by atoms with Crippen LogP contribution in [0.1, 0.15) is 147 Å². The molecule has 0 amide bonds. The van der Waals surface area contributed by atoms with E-state index in [9.17, 15) is 0 Å². The molecule has 29 heavy (non-hydrogen) atoms. The van der Waals surface area contributed by atoms with E-state index in [0.29, 0.717) is 0 Å². The molecule has 0 aliphatic carbocycles. The van der Waals surface area contributed by atoms with Crippen LogP contribution < -0.4 is 0 Å². The molecule has 1 aromatic heterocycles. The second-order valence-electron chi connectivity index (χ2n) is 9.38. The fourth-order valence-electron chi connectivity index (χ4n) is 4.55. The van der Waals surface area contributed by atoms with Crippen molar-refractivity contribution in [2.75, 3.05) is 0 Å². The fraction of sp³-hybridized carbons (Fsp3) is 0.857. The standard InChI is InChI=1S/C28H52S/c1-3-5-7-9-11-13-14-16-18-20-23-27(26-28-24-21-25-29-28)22-19-17-15-12-10-8-6-4-2/h21,24-25,27H,3-20,22-23,26H2,1-2H3. The highest BCUT2D eigenvalue weighted by Gasteiger charge is 2.10. The number of rotatable bonds is 22. The first-order chi connectivity index (χ1) is 14.4. The molecule has 0 bridgehead atoms. The molecule has 1 heteroatoms. The summed E-state index contributed by atoms with van der Waals surface area (Å²) in [6, 6.07) is 4.58. The maximum absolute atomic E-state index is 2.35. The Balaban J connectivity index is 2.07. The second kappa shape index (κ2) is 21.0. The molecule has 0 fully saturated rings. The van der Waals surface area contributed by atoms with E-state index in [4.69, 9.17) is 0 Å². The quantitative estimate of drug-likeness (QED) is 0.164. The molecule has 1 atom stereocenters. The number of unbranched alkanes of at least 4 members (excludes halogenated alkanes) is 16. The van der Waals surface area contributed by atoms with Crippen LogP contribution in [0.5, 0.6) is 0 Å². The molecule has 0 saturated carbocycles. The van der Waals surface area contributed by atoms with Crippen molar-refractivity contribution in [1.29, 1.82) is 0 Å². The molecule has 0 aromatic carbocycles. The van der Waals surface area contributed by atoms with Crippen LogP contribution in [0, 0.1) is 5.92 Å². The van der Waals surface area contributed by atoms with Crippen molar-refractivity contribution in [3.8, 4) is 0 Å². The van der Waals surface area contributed by atoms with Gasteiger partial charge in [0.25, 0.3) is 0 Å². The van der Waals surface area contributed by atoms with E-state index in [1.165, 1.54) is 135 Å². The summed E-state index contributed by atoms with van der Waals surface area (Å²) in [7, 11) is 0. The largest absolute Gasteiger partial charge is 0.149 e. The van der Waals surface area contributed by atoms with Gasteiger partial charge in [-0.2, -0.15) is 0 Å². The molecule has 1 aromatic rings. The van der Waals surface area contributed by atoms with Gasteiger partial charge in [0.1, 0.15) is 0 Å². The monoisotopic (exact) mass is 420 g/mol. The van der Waals surface area contributed by atoms with E-state index in [0.717, 1.165) is 5.92 Å². The zero-order valence-corrected chi connectivity index (χ0v) is 20.9. The summed E-state index contributed by atoms with van der Waals surface area (Å²) in [4.78, 5) is 1.61. The maximum atomic E-state index is 2.35. The van der Waals surface area contributed by atoms with Gasteiger partial charge in [0.15, 0.2) is 0 Å². The Morgan fingerprint density at radius 1 is 0.586 bits per heavy atom. The van der Waals surface area contributed by atoms with Crippen LogP contribution in [-0.4, -0.2) is 0 Å². The normalized spacial score (nSPS) is 12.5. The smallest absolute Gasteiger partial charge is 0.00479 e. The van der Waals surface area contributed by atoms with E-state index in [-0.39, 0.29) is 0 Å². The van der Waals surface area contributed by atoms with Crippen molar-refractivity contribution in [2.45, 2.75) is 149 Å². The third-order valence-corrected chi connectivity index (χ3v) is 7.40. The molecule has 0 spiro atoms. The molecule has 1 unspecified atom stereocenters. The third-order valence-electron chi connectivity index (χ3n) is 6.50. The first-order valence-corrected chi connectivity index (χ1v) is 14.3. The van der Waals surface area contributed by atoms with Gasteiger partial charge in [0.2, 0.25) is 0 Å². The Kier molecular flexibility index (Phi) is 19.3. The van der Waals surface area contributed by atoms with Crippen LogP contribution in [0.4, 0.5) is 0 Å². The van der Waals surface area contributed by atoms with Crippen LogP contribution in [0.2, 0.25) is 0 Å². The van der Waals surface area contributed by atoms with Gasteiger partial charge in [-0.1, -0.05) is 148 Å².